The van der Waals surface area contributed by atoms with Crippen LogP contribution in [0, 0.1) is 35.5 Å². The number of rotatable bonds is 4. The topological polar surface area (TPSA) is 56.7 Å². The minimum atomic E-state index is -0.00145. The van der Waals surface area contributed by atoms with E-state index >= 15 is 0 Å². The van der Waals surface area contributed by atoms with Crippen molar-refractivity contribution in [2.45, 2.75) is 103 Å². The van der Waals surface area contributed by atoms with Gasteiger partial charge in [-0.15, -0.1) is 0 Å². The summed E-state index contributed by atoms with van der Waals surface area (Å²) in [4.78, 5) is 17.2. The quantitative estimate of drug-likeness (QED) is 0.182. The van der Waals surface area contributed by atoms with Gasteiger partial charge in [-0.2, -0.15) is 0 Å². The zero-order valence-electron chi connectivity index (χ0n) is 32.3. The Morgan fingerprint density at radius 2 is 1.30 bits per heavy atom. The van der Waals surface area contributed by atoms with Crippen molar-refractivity contribution < 1.29 is 4.42 Å². The lowest BCUT2D eigenvalue weighted by Gasteiger charge is -2.49. The van der Waals surface area contributed by atoms with Gasteiger partial charge in [0.05, 0.1) is 22.1 Å². The molecule has 3 heterocycles. The van der Waals surface area contributed by atoms with Crippen LogP contribution < -0.4 is 0 Å². The van der Waals surface area contributed by atoms with Crippen molar-refractivity contribution in [3.63, 3.8) is 0 Å². The minimum Gasteiger partial charge on any atom is -0.456 e. The summed E-state index contributed by atoms with van der Waals surface area (Å²) >= 11 is 0. The summed E-state index contributed by atoms with van der Waals surface area (Å²) < 4.78 is 8.97. The second-order valence-corrected chi connectivity index (χ2v) is 18.9. The first-order valence-corrected chi connectivity index (χ1v) is 21.0. The molecule has 5 saturated carbocycles. The summed E-state index contributed by atoms with van der Waals surface area (Å²) in [6, 6.07) is 30.6. The van der Waals surface area contributed by atoms with Crippen molar-refractivity contribution in [3.05, 3.63) is 96.6 Å². The van der Waals surface area contributed by atoms with Gasteiger partial charge in [-0.05, 0) is 136 Å². The number of benzene rings is 4. The Morgan fingerprint density at radius 3 is 2.11 bits per heavy atom. The van der Waals surface area contributed by atoms with Crippen molar-refractivity contribution in [1.82, 2.24) is 19.5 Å². The summed E-state index contributed by atoms with van der Waals surface area (Å²) in [7, 11) is 0. The number of fused-ring (bicyclic) bond motifs is 13. The van der Waals surface area contributed by atoms with E-state index in [-0.39, 0.29) is 10.8 Å². The van der Waals surface area contributed by atoms with Gasteiger partial charge in [0, 0.05) is 32.6 Å². The third kappa shape index (κ3) is 4.92. The first kappa shape index (κ1) is 32.9. The maximum atomic E-state index is 6.49. The Hall–Kier alpha value is -4.51. The highest BCUT2D eigenvalue weighted by Gasteiger charge is 2.50. The van der Waals surface area contributed by atoms with Gasteiger partial charge < -0.3 is 8.98 Å². The summed E-state index contributed by atoms with van der Waals surface area (Å²) in [5.41, 5.74) is 6.37. The first-order valence-electron chi connectivity index (χ1n) is 21.0. The highest BCUT2D eigenvalue weighted by atomic mass is 16.3. The van der Waals surface area contributed by atoms with Crippen molar-refractivity contribution in [3.8, 4) is 17.1 Å². The normalized spacial score (nSPS) is 31.1. The van der Waals surface area contributed by atoms with Gasteiger partial charge in [0.2, 0.25) is 0 Å². The zero-order chi connectivity index (χ0) is 36.3. The molecule has 0 radical (unpaired) electrons. The van der Waals surface area contributed by atoms with Gasteiger partial charge in [0.25, 0.3) is 0 Å². The van der Waals surface area contributed by atoms with Crippen LogP contribution in [0.3, 0.4) is 0 Å². The fraction of sp³-hybridized carbons (Fsp3) is 0.449. The molecule has 7 aromatic rings. The number of hydrogen-bond donors (Lipinski definition) is 0. The molecule has 3 aromatic heterocycles. The van der Waals surface area contributed by atoms with Crippen LogP contribution in [0.2, 0.25) is 0 Å². The van der Waals surface area contributed by atoms with E-state index in [2.05, 4.69) is 117 Å². The average molecular weight is 713 g/mol. The van der Waals surface area contributed by atoms with Crippen LogP contribution in [-0.2, 0) is 10.8 Å². The van der Waals surface area contributed by atoms with Crippen LogP contribution in [0.4, 0.5) is 0 Å². The molecule has 0 aliphatic heterocycles. The van der Waals surface area contributed by atoms with Gasteiger partial charge in [-0.3, -0.25) is 0 Å². The van der Waals surface area contributed by atoms with Crippen LogP contribution in [0.1, 0.15) is 104 Å². The van der Waals surface area contributed by atoms with Crippen molar-refractivity contribution in [2.75, 3.05) is 0 Å². The van der Waals surface area contributed by atoms with Crippen LogP contribution in [0.25, 0.3) is 60.8 Å². The van der Waals surface area contributed by atoms with Gasteiger partial charge in [0.15, 0.2) is 5.82 Å². The molecule has 4 bridgehead atoms. The molecule has 12 rings (SSSR count). The second-order valence-electron chi connectivity index (χ2n) is 18.9. The Morgan fingerprint density at radius 1 is 0.611 bits per heavy atom. The summed E-state index contributed by atoms with van der Waals surface area (Å²) in [6.45, 7) is 9.95. The molecule has 0 saturated heterocycles. The monoisotopic (exact) mass is 712 g/mol. The standard InChI is InChI=1S/C49H52N4O/c1-29-21-33-22-30(2)26-49(25-29,28-33)47-51-45(50-46(52-47)48-20-19-34(32(4)27-48)23-31(3)24-48)37-12-6-9-15-40(37)53-39-14-8-5-11-35(39)36-17-18-42-43(44(36)53)38-13-7-10-16-41(38)54-42/h5-18,29-34H,19-28H2,1-4H3/t29-,30+,31-,32-,33?,34?,48?,49?/m1/s1. The van der Waals surface area contributed by atoms with E-state index in [1.807, 2.05) is 0 Å². The molecule has 0 spiro atoms. The van der Waals surface area contributed by atoms with Crippen LogP contribution >= 0.6 is 0 Å². The summed E-state index contributed by atoms with van der Waals surface area (Å²) in [6.07, 6.45) is 12.4. The van der Waals surface area contributed by atoms with Crippen LogP contribution in [0.5, 0.6) is 0 Å². The highest BCUT2D eigenvalue weighted by Crippen LogP contribution is 2.56. The van der Waals surface area contributed by atoms with E-state index in [4.69, 9.17) is 19.4 Å². The predicted octanol–water partition coefficient (Wildman–Crippen LogP) is 12.7. The average Bonchev–Trinajstić information content (AvgIpc) is 3.60. The molecule has 5 fully saturated rings. The number of furan rings is 1. The lowest BCUT2D eigenvalue weighted by molar-refractivity contribution is 0.0710. The van der Waals surface area contributed by atoms with E-state index in [0.717, 1.165) is 62.5 Å². The molecule has 274 valence electrons. The lowest BCUT2D eigenvalue weighted by atomic mass is 9.56. The molecule has 4 aromatic carbocycles. The van der Waals surface area contributed by atoms with E-state index in [1.165, 1.54) is 86.0 Å². The molecule has 5 aliphatic rings. The number of hydrogen-bond acceptors (Lipinski definition) is 4. The van der Waals surface area contributed by atoms with Gasteiger partial charge in [-0.25, -0.2) is 15.0 Å². The molecule has 4 unspecified atom stereocenters. The van der Waals surface area contributed by atoms with E-state index in [0.29, 0.717) is 23.7 Å². The number of para-hydroxylation sites is 3. The molecule has 5 heteroatoms. The summed E-state index contributed by atoms with van der Waals surface area (Å²) in [5.74, 6) is 7.34. The molecule has 5 aliphatic carbocycles. The van der Waals surface area contributed by atoms with Gasteiger partial charge >= 0.3 is 0 Å². The van der Waals surface area contributed by atoms with Crippen molar-refractivity contribution >= 4 is 43.7 Å². The maximum absolute atomic E-state index is 6.49. The van der Waals surface area contributed by atoms with Gasteiger partial charge in [-0.1, -0.05) is 76.2 Å². The SMILES string of the molecule is C[C@@H]1CC2C[C@H](C)CC(c3nc(-c4ccccc4-n4c5ccccc5c5ccc6oc7ccccc7c6c54)nc(C45CCC(C[C@@H](C)C4)[C@H](C)C5)n3)(C2)C1. The van der Waals surface area contributed by atoms with E-state index in [1.54, 1.807) is 0 Å². The number of aromatic nitrogens is 4. The van der Waals surface area contributed by atoms with Crippen molar-refractivity contribution in [2.24, 2.45) is 35.5 Å². The predicted molar refractivity (Wildman–Crippen MR) is 220 cm³/mol. The third-order valence-corrected chi connectivity index (χ3v) is 14.7. The molecule has 8 atom stereocenters. The van der Waals surface area contributed by atoms with Crippen LogP contribution in [-0.4, -0.2) is 19.5 Å². The van der Waals surface area contributed by atoms with Crippen LogP contribution in [0.15, 0.2) is 89.3 Å². The van der Waals surface area contributed by atoms with Gasteiger partial charge in [0.1, 0.15) is 22.8 Å². The van der Waals surface area contributed by atoms with E-state index < -0.39 is 0 Å². The molecular weight excluding hydrogens is 661 g/mol. The molecule has 54 heavy (non-hydrogen) atoms. The fourth-order valence-electron chi connectivity index (χ4n) is 13.1. The molecular formula is C49H52N4O. The minimum absolute atomic E-state index is 0.00145. The molecule has 5 nitrogen and oxygen atoms in total. The fourth-order valence-corrected chi connectivity index (χ4v) is 13.1. The second kappa shape index (κ2) is 12.0. The Balaban J connectivity index is 1.19. The molecule has 0 amide bonds. The highest BCUT2D eigenvalue weighted by molar-refractivity contribution is 6.24. The lowest BCUT2D eigenvalue weighted by Crippen LogP contribution is -2.44. The maximum Gasteiger partial charge on any atom is 0.165 e. The smallest absolute Gasteiger partial charge is 0.165 e. The zero-order valence-corrected chi connectivity index (χ0v) is 32.3. The number of nitrogens with zero attached hydrogens (tertiary/aromatic N) is 4. The summed E-state index contributed by atoms with van der Waals surface area (Å²) in [5, 5.41) is 4.76. The molecule has 0 N–H and O–H groups in total. The largest absolute Gasteiger partial charge is 0.456 e. The van der Waals surface area contributed by atoms with E-state index in [9.17, 15) is 0 Å². The van der Waals surface area contributed by atoms with Crippen molar-refractivity contribution in [1.29, 1.82) is 0 Å². The Labute approximate surface area is 318 Å². The Kier molecular flexibility index (Phi) is 7.30. The first-order chi connectivity index (χ1) is 26.3. The third-order valence-electron chi connectivity index (χ3n) is 14.7. The Bertz CT molecular complexity index is 2550.